The molecule has 2 amide bonds. The third-order valence-corrected chi connectivity index (χ3v) is 5.12. The second-order valence-electron chi connectivity index (χ2n) is 6.55. The Bertz CT molecular complexity index is 338. The first-order chi connectivity index (χ1) is 10.3. The molecular weight excluding hydrogens is 268 g/mol. The van der Waals surface area contributed by atoms with Gasteiger partial charge in [-0.1, -0.05) is 19.3 Å². The molecule has 21 heavy (non-hydrogen) atoms. The van der Waals surface area contributed by atoms with Crippen LogP contribution in [0.5, 0.6) is 0 Å². The van der Waals surface area contributed by atoms with Crippen molar-refractivity contribution >= 4 is 6.03 Å². The average molecular weight is 296 g/mol. The molecule has 0 radical (unpaired) electrons. The standard InChI is InChI=1S/C16H28N2O3/c19-16(17-11-14-12-20-9-10-21-14)18-8-4-7-15(18)13-5-2-1-3-6-13/h13-15H,1-12H2,(H,17,19). The summed E-state index contributed by atoms with van der Waals surface area (Å²) in [6.07, 6.45) is 8.99. The van der Waals surface area contributed by atoms with Crippen molar-refractivity contribution in [1.82, 2.24) is 10.2 Å². The maximum Gasteiger partial charge on any atom is 0.317 e. The van der Waals surface area contributed by atoms with Crippen LogP contribution in [0.15, 0.2) is 0 Å². The van der Waals surface area contributed by atoms with Crippen molar-refractivity contribution in [3.8, 4) is 0 Å². The number of carbonyl (C=O) groups is 1. The van der Waals surface area contributed by atoms with Crippen molar-refractivity contribution in [2.45, 2.75) is 57.1 Å². The minimum absolute atomic E-state index is 0.0124. The van der Waals surface area contributed by atoms with E-state index >= 15 is 0 Å². The Morgan fingerprint density at radius 2 is 1.95 bits per heavy atom. The fraction of sp³-hybridized carbons (Fsp3) is 0.938. The summed E-state index contributed by atoms with van der Waals surface area (Å²) in [5.74, 6) is 0.723. The summed E-state index contributed by atoms with van der Waals surface area (Å²) < 4.78 is 10.9. The highest BCUT2D eigenvalue weighted by Crippen LogP contribution is 2.34. The van der Waals surface area contributed by atoms with Crippen molar-refractivity contribution in [1.29, 1.82) is 0 Å². The molecule has 0 spiro atoms. The first-order valence-corrected chi connectivity index (χ1v) is 8.58. The van der Waals surface area contributed by atoms with Gasteiger partial charge in [-0.15, -0.1) is 0 Å². The van der Waals surface area contributed by atoms with E-state index in [9.17, 15) is 4.79 Å². The van der Waals surface area contributed by atoms with E-state index < -0.39 is 0 Å². The fourth-order valence-corrected chi connectivity index (χ4v) is 4.01. The predicted molar refractivity (Wildman–Crippen MR) is 80.3 cm³/mol. The highest BCUT2D eigenvalue weighted by Gasteiger charge is 2.35. The minimum atomic E-state index is 0.0124. The molecule has 2 aliphatic heterocycles. The van der Waals surface area contributed by atoms with Crippen LogP contribution in [0.25, 0.3) is 0 Å². The molecule has 5 nitrogen and oxygen atoms in total. The van der Waals surface area contributed by atoms with E-state index in [1.54, 1.807) is 0 Å². The van der Waals surface area contributed by atoms with E-state index in [0.29, 0.717) is 32.4 Å². The summed E-state index contributed by atoms with van der Waals surface area (Å²) >= 11 is 0. The average Bonchev–Trinajstić information content (AvgIpc) is 3.04. The van der Waals surface area contributed by atoms with E-state index in [-0.39, 0.29) is 12.1 Å². The van der Waals surface area contributed by atoms with Crippen LogP contribution >= 0.6 is 0 Å². The Hall–Kier alpha value is -0.810. The van der Waals surface area contributed by atoms with Crippen molar-refractivity contribution in [3.63, 3.8) is 0 Å². The van der Waals surface area contributed by atoms with E-state index in [2.05, 4.69) is 10.2 Å². The molecule has 1 aliphatic carbocycles. The molecule has 3 aliphatic rings. The van der Waals surface area contributed by atoms with Gasteiger partial charge >= 0.3 is 6.03 Å². The molecule has 3 fully saturated rings. The van der Waals surface area contributed by atoms with Crippen LogP contribution in [-0.4, -0.2) is 56.0 Å². The Kier molecular flexibility index (Phi) is 5.36. The quantitative estimate of drug-likeness (QED) is 0.868. The molecule has 5 heteroatoms. The van der Waals surface area contributed by atoms with E-state index in [4.69, 9.17) is 9.47 Å². The molecule has 2 unspecified atom stereocenters. The van der Waals surface area contributed by atoms with Crippen LogP contribution in [-0.2, 0) is 9.47 Å². The molecule has 0 aromatic rings. The number of amides is 2. The highest BCUT2D eigenvalue weighted by molar-refractivity contribution is 5.74. The molecule has 1 N–H and O–H groups in total. The smallest absolute Gasteiger partial charge is 0.317 e. The third-order valence-electron chi connectivity index (χ3n) is 5.12. The lowest BCUT2D eigenvalue weighted by atomic mass is 9.83. The Balaban J connectivity index is 1.48. The Morgan fingerprint density at radius 1 is 1.10 bits per heavy atom. The number of hydrogen-bond acceptors (Lipinski definition) is 3. The third kappa shape index (κ3) is 3.89. The van der Waals surface area contributed by atoms with E-state index in [0.717, 1.165) is 18.9 Å². The predicted octanol–water partition coefficient (Wildman–Crippen LogP) is 2.16. The van der Waals surface area contributed by atoms with E-state index in [1.165, 1.54) is 38.5 Å². The van der Waals surface area contributed by atoms with Crippen molar-refractivity contribution < 1.29 is 14.3 Å². The summed E-state index contributed by atoms with van der Waals surface area (Å²) in [6, 6.07) is 0.561. The van der Waals surface area contributed by atoms with Crippen LogP contribution in [0.2, 0.25) is 0 Å². The maximum atomic E-state index is 12.5. The van der Waals surface area contributed by atoms with E-state index in [1.807, 2.05) is 0 Å². The zero-order valence-corrected chi connectivity index (χ0v) is 12.9. The van der Waals surface area contributed by atoms with Gasteiger partial charge in [-0.25, -0.2) is 4.79 Å². The van der Waals surface area contributed by atoms with Gasteiger partial charge in [-0.2, -0.15) is 0 Å². The molecule has 2 saturated heterocycles. The number of likely N-dealkylation sites (tertiary alicyclic amines) is 1. The first-order valence-electron chi connectivity index (χ1n) is 8.58. The largest absolute Gasteiger partial charge is 0.376 e. The van der Waals surface area contributed by atoms with Gasteiger partial charge in [0.05, 0.1) is 25.9 Å². The van der Waals surface area contributed by atoms with Crippen LogP contribution in [0.4, 0.5) is 4.79 Å². The van der Waals surface area contributed by atoms with Crippen molar-refractivity contribution in [3.05, 3.63) is 0 Å². The minimum Gasteiger partial charge on any atom is -0.376 e. The van der Waals surface area contributed by atoms with Gasteiger partial charge < -0.3 is 19.7 Å². The van der Waals surface area contributed by atoms with Gasteiger partial charge in [0.1, 0.15) is 0 Å². The normalized spacial score (nSPS) is 31.3. The first kappa shape index (κ1) is 15.1. The molecule has 2 heterocycles. The van der Waals surface area contributed by atoms with Gasteiger partial charge in [-0.05, 0) is 31.6 Å². The number of hydrogen-bond donors (Lipinski definition) is 1. The summed E-state index contributed by atoms with van der Waals surface area (Å²) in [4.78, 5) is 14.5. The van der Waals surface area contributed by atoms with Gasteiger partial charge in [-0.3, -0.25) is 0 Å². The number of ether oxygens (including phenoxy) is 2. The summed E-state index contributed by atoms with van der Waals surface area (Å²) in [6.45, 7) is 3.36. The van der Waals surface area contributed by atoms with Crippen LogP contribution in [0, 0.1) is 5.92 Å². The second kappa shape index (κ2) is 7.45. The number of urea groups is 1. The molecule has 0 bridgehead atoms. The topological polar surface area (TPSA) is 50.8 Å². The number of carbonyl (C=O) groups excluding carboxylic acids is 1. The van der Waals surface area contributed by atoms with Crippen LogP contribution in [0.3, 0.4) is 0 Å². The van der Waals surface area contributed by atoms with Crippen LogP contribution in [0.1, 0.15) is 44.9 Å². The van der Waals surface area contributed by atoms with Crippen LogP contribution < -0.4 is 5.32 Å². The lowest BCUT2D eigenvalue weighted by Gasteiger charge is -2.34. The van der Waals surface area contributed by atoms with Gasteiger partial charge in [0.15, 0.2) is 0 Å². The molecule has 0 aromatic heterocycles. The lowest BCUT2D eigenvalue weighted by Crippen LogP contribution is -2.49. The van der Waals surface area contributed by atoms with Gasteiger partial charge in [0, 0.05) is 19.1 Å². The summed E-state index contributed by atoms with van der Waals surface area (Å²) in [7, 11) is 0. The molecule has 3 rings (SSSR count). The summed E-state index contributed by atoms with van der Waals surface area (Å²) in [5.41, 5.74) is 0. The van der Waals surface area contributed by atoms with Gasteiger partial charge in [0.25, 0.3) is 0 Å². The van der Waals surface area contributed by atoms with Crippen molar-refractivity contribution in [2.24, 2.45) is 5.92 Å². The number of nitrogens with zero attached hydrogens (tertiary/aromatic N) is 1. The monoisotopic (exact) mass is 296 g/mol. The molecule has 1 saturated carbocycles. The number of nitrogens with one attached hydrogen (secondary N) is 1. The van der Waals surface area contributed by atoms with Gasteiger partial charge in [0.2, 0.25) is 0 Å². The second-order valence-corrected chi connectivity index (χ2v) is 6.55. The highest BCUT2D eigenvalue weighted by atomic mass is 16.6. The molecule has 0 aromatic carbocycles. The fourth-order valence-electron chi connectivity index (χ4n) is 4.01. The Morgan fingerprint density at radius 3 is 2.71 bits per heavy atom. The van der Waals surface area contributed by atoms with Crippen molar-refractivity contribution in [2.75, 3.05) is 32.9 Å². The Labute approximate surface area is 127 Å². The number of rotatable bonds is 3. The molecule has 120 valence electrons. The zero-order valence-electron chi connectivity index (χ0n) is 12.9. The lowest BCUT2D eigenvalue weighted by molar-refractivity contribution is -0.0856. The molecular formula is C16H28N2O3. The zero-order chi connectivity index (χ0) is 14.5. The SMILES string of the molecule is O=C(NCC1COCCO1)N1CCCC1C1CCCCC1. The maximum absolute atomic E-state index is 12.5. The summed E-state index contributed by atoms with van der Waals surface area (Å²) in [5, 5.41) is 3.05. The molecule has 2 atom stereocenters.